The van der Waals surface area contributed by atoms with Crippen LogP contribution in [-0.2, 0) is 11.3 Å². The predicted octanol–water partition coefficient (Wildman–Crippen LogP) is 1.96. The van der Waals surface area contributed by atoms with E-state index in [1.165, 1.54) is 0 Å². The van der Waals surface area contributed by atoms with Gasteiger partial charge in [-0.05, 0) is 38.5 Å². The molecule has 0 atom stereocenters. The van der Waals surface area contributed by atoms with Crippen LogP contribution in [0.3, 0.4) is 0 Å². The van der Waals surface area contributed by atoms with Gasteiger partial charge in [0.25, 0.3) is 5.56 Å². The van der Waals surface area contributed by atoms with Gasteiger partial charge in [-0.15, -0.1) is 0 Å². The first-order valence-electron chi connectivity index (χ1n) is 7.51. The molecule has 6 nitrogen and oxygen atoms in total. The van der Waals surface area contributed by atoms with E-state index in [-0.39, 0.29) is 17.9 Å². The van der Waals surface area contributed by atoms with Crippen LogP contribution in [-0.4, -0.2) is 27.2 Å². The Kier molecular flexibility index (Phi) is 4.65. The molecule has 0 spiro atoms. The maximum absolute atomic E-state index is 12.1. The minimum atomic E-state index is -0.784. The number of carbonyl (C=O) groups is 1. The fraction of sp³-hybridized carbons (Fsp3) is 0.667. The van der Waals surface area contributed by atoms with Crippen LogP contribution in [0.5, 0.6) is 0 Å². The van der Waals surface area contributed by atoms with Crippen molar-refractivity contribution >= 4 is 11.8 Å². The molecule has 0 radical (unpaired) electrons. The number of aromatic nitrogens is 2. The van der Waals surface area contributed by atoms with E-state index < -0.39 is 11.4 Å². The second-order valence-electron chi connectivity index (χ2n) is 5.99. The van der Waals surface area contributed by atoms with Gasteiger partial charge in [0.05, 0.1) is 5.41 Å². The van der Waals surface area contributed by atoms with Crippen LogP contribution in [0.4, 0.5) is 5.82 Å². The third kappa shape index (κ3) is 3.25. The van der Waals surface area contributed by atoms with Crippen molar-refractivity contribution in [3.8, 4) is 0 Å². The monoisotopic (exact) mass is 293 g/mol. The summed E-state index contributed by atoms with van der Waals surface area (Å²) in [5.74, 6) is 0.0249. The first-order chi connectivity index (χ1) is 9.98. The van der Waals surface area contributed by atoms with Gasteiger partial charge in [-0.25, -0.2) is 4.98 Å². The summed E-state index contributed by atoms with van der Waals surface area (Å²) in [6.07, 6.45) is 6.30. The van der Waals surface area contributed by atoms with Gasteiger partial charge in [0.2, 0.25) is 0 Å². The molecule has 0 saturated heterocycles. The Morgan fingerprint density at radius 1 is 1.52 bits per heavy atom. The van der Waals surface area contributed by atoms with Crippen LogP contribution >= 0.6 is 0 Å². The third-order valence-corrected chi connectivity index (χ3v) is 4.53. The average Bonchev–Trinajstić information content (AvgIpc) is 2.48. The van der Waals surface area contributed by atoms with Crippen molar-refractivity contribution in [2.24, 2.45) is 11.3 Å². The number of carboxylic acid groups (broad SMARTS) is 1. The first-order valence-corrected chi connectivity index (χ1v) is 7.51. The fourth-order valence-electron chi connectivity index (χ4n) is 2.85. The smallest absolute Gasteiger partial charge is 0.311 e. The van der Waals surface area contributed by atoms with Crippen molar-refractivity contribution in [3.63, 3.8) is 0 Å². The number of rotatable bonds is 5. The normalized spacial score (nSPS) is 25.5. The zero-order valence-corrected chi connectivity index (χ0v) is 12.6. The number of nitrogens with zero attached hydrogens (tertiary/aromatic N) is 2. The Balaban J connectivity index is 2.13. The number of carboxylic acids is 1. The van der Waals surface area contributed by atoms with Crippen molar-refractivity contribution in [3.05, 3.63) is 22.7 Å². The van der Waals surface area contributed by atoms with E-state index in [9.17, 15) is 14.7 Å². The zero-order chi connectivity index (χ0) is 15.5. The van der Waals surface area contributed by atoms with Crippen molar-refractivity contribution in [1.29, 1.82) is 0 Å². The van der Waals surface area contributed by atoms with Crippen LogP contribution < -0.4 is 10.9 Å². The van der Waals surface area contributed by atoms with Crippen LogP contribution in [0.1, 0.15) is 39.5 Å². The lowest BCUT2D eigenvalue weighted by atomic mass is 9.71. The highest BCUT2D eigenvalue weighted by Gasteiger charge is 2.41. The molecule has 1 saturated carbocycles. The molecule has 6 heteroatoms. The number of nitrogens with one attached hydrogen (secondary N) is 1. The average molecular weight is 293 g/mol. The van der Waals surface area contributed by atoms with Crippen molar-refractivity contribution in [2.45, 2.75) is 46.1 Å². The molecule has 116 valence electrons. The zero-order valence-electron chi connectivity index (χ0n) is 12.6. The lowest BCUT2D eigenvalue weighted by Crippen LogP contribution is -2.42. The number of hydrogen-bond donors (Lipinski definition) is 2. The Labute approximate surface area is 124 Å². The topological polar surface area (TPSA) is 84.2 Å². The van der Waals surface area contributed by atoms with Crippen molar-refractivity contribution in [1.82, 2.24) is 9.55 Å². The highest BCUT2D eigenvalue weighted by atomic mass is 16.4. The quantitative estimate of drug-likeness (QED) is 0.867. The minimum absolute atomic E-state index is 0.204. The largest absolute Gasteiger partial charge is 0.481 e. The number of hydrogen-bond acceptors (Lipinski definition) is 4. The minimum Gasteiger partial charge on any atom is -0.481 e. The Morgan fingerprint density at radius 2 is 2.19 bits per heavy atom. The van der Waals surface area contributed by atoms with Gasteiger partial charge < -0.3 is 15.0 Å². The summed E-state index contributed by atoms with van der Waals surface area (Å²) in [6, 6.07) is 0. The molecule has 21 heavy (non-hydrogen) atoms. The van der Waals surface area contributed by atoms with Gasteiger partial charge in [-0.2, -0.15) is 0 Å². The Bertz CT molecular complexity index is 560. The van der Waals surface area contributed by atoms with E-state index in [1.807, 2.05) is 6.92 Å². The summed E-state index contributed by atoms with van der Waals surface area (Å²) >= 11 is 0. The van der Waals surface area contributed by atoms with E-state index in [0.29, 0.717) is 25.3 Å². The molecule has 1 aromatic rings. The molecule has 1 aromatic heterocycles. The van der Waals surface area contributed by atoms with Crippen LogP contribution in [0.2, 0.25) is 0 Å². The van der Waals surface area contributed by atoms with Crippen LogP contribution in [0, 0.1) is 11.3 Å². The molecule has 0 unspecified atom stereocenters. The molecular formula is C15H23N3O3. The predicted molar refractivity (Wildman–Crippen MR) is 80.4 cm³/mol. The lowest BCUT2D eigenvalue weighted by Gasteiger charge is -2.35. The van der Waals surface area contributed by atoms with Gasteiger partial charge in [-0.1, -0.05) is 6.92 Å². The number of aryl methyl sites for hydroxylation is 1. The molecule has 2 rings (SSSR count). The number of aliphatic carboxylic acids is 1. The molecule has 0 amide bonds. The molecule has 1 aliphatic rings. The first kappa shape index (κ1) is 15.5. The molecule has 2 N–H and O–H groups in total. The second kappa shape index (κ2) is 6.28. The SMILES string of the molecule is CCn1ccnc(NCC2(C(=O)O)CCC(C)CC2)c1=O. The summed E-state index contributed by atoms with van der Waals surface area (Å²) in [6.45, 7) is 4.85. The molecule has 1 fully saturated rings. The van der Waals surface area contributed by atoms with Gasteiger partial charge in [-0.3, -0.25) is 9.59 Å². The molecule has 0 aliphatic heterocycles. The van der Waals surface area contributed by atoms with Crippen molar-refractivity contribution < 1.29 is 9.90 Å². The van der Waals surface area contributed by atoms with E-state index in [2.05, 4.69) is 17.2 Å². The molecule has 1 heterocycles. The maximum atomic E-state index is 12.1. The summed E-state index contributed by atoms with van der Waals surface area (Å²) in [5.41, 5.74) is -0.988. The highest BCUT2D eigenvalue weighted by Crippen LogP contribution is 2.39. The number of anilines is 1. The maximum Gasteiger partial charge on any atom is 0.311 e. The molecule has 1 aliphatic carbocycles. The standard InChI is InChI=1S/C15H23N3O3/c1-3-18-9-8-16-12(13(18)19)17-10-15(14(20)21)6-4-11(2)5-7-15/h8-9,11H,3-7,10H2,1-2H3,(H,16,17)(H,20,21). The second-order valence-corrected chi connectivity index (χ2v) is 5.99. The third-order valence-electron chi connectivity index (χ3n) is 4.53. The fourth-order valence-corrected chi connectivity index (χ4v) is 2.85. The van der Waals surface area contributed by atoms with E-state index >= 15 is 0 Å². The van der Waals surface area contributed by atoms with Gasteiger partial charge >= 0.3 is 5.97 Å². The summed E-state index contributed by atoms with van der Waals surface area (Å²) in [5, 5.41) is 12.5. The van der Waals surface area contributed by atoms with Crippen molar-refractivity contribution in [2.75, 3.05) is 11.9 Å². The molecule has 0 aromatic carbocycles. The van der Waals surface area contributed by atoms with Gasteiger partial charge in [0, 0.05) is 25.5 Å². The van der Waals surface area contributed by atoms with E-state index in [4.69, 9.17) is 0 Å². The highest BCUT2D eigenvalue weighted by molar-refractivity contribution is 5.75. The van der Waals surface area contributed by atoms with Gasteiger partial charge in [0.1, 0.15) is 0 Å². The van der Waals surface area contributed by atoms with Crippen LogP contribution in [0.25, 0.3) is 0 Å². The lowest BCUT2D eigenvalue weighted by molar-refractivity contribution is -0.150. The van der Waals surface area contributed by atoms with Crippen LogP contribution in [0.15, 0.2) is 17.2 Å². The Morgan fingerprint density at radius 3 is 2.76 bits per heavy atom. The Hall–Kier alpha value is -1.85. The summed E-state index contributed by atoms with van der Waals surface area (Å²) < 4.78 is 1.55. The molecular weight excluding hydrogens is 270 g/mol. The van der Waals surface area contributed by atoms with E-state index in [1.54, 1.807) is 17.0 Å². The summed E-state index contributed by atoms with van der Waals surface area (Å²) in [7, 11) is 0. The van der Waals surface area contributed by atoms with E-state index in [0.717, 1.165) is 12.8 Å². The summed E-state index contributed by atoms with van der Waals surface area (Å²) in [4.78, 5) is 27.8. The molecule has 0 bridgehead atoms. The van der Waals surface area contributed by atoms with Gasteiger partial charge in [0.15, 0.2) is 5.82 Å².